The normalized spacial score (nSPS) is 10.4. The van der Waals surface area contributed by atoms with Crippen LogP contribution in [0.25, 0.3) is 10.9 Å². The van der Waals surface area contributed by atoms with Crippen LogP contribution in [0.1, 0.15) is 10.4 Å². The van der Waals surface area contributed by atoms with Crippen molar-refractivity contribution < 1.29 is 14.6 Å². The zero-order valence-electron chi connectivity index (χ0n) is 8.40. The van der Waals surface area contributed by atoms with E-state index < -0.39 is 5.97 Å². The number of halogens is 1. The van der Waals surface area contributed by atoms with Crippen molar-refractivity contribution in [3.63, 3.8) is 0 Å². The molecule has 1 heterocycles. The fraction of sp³-hybridized carbons (Fsp3) is 0.0909. The van der Waals surface area contributed by atoms with Crippen molar-refractivity contribution in [2.75, 3.05) is 7.11 Å². The Morgan fingerprint density at radius 1 is 1.44 bits per heavy atom. The van der Waals surface area contributed by atoms with Gasteiger partial charge in [-0.15, -0.1) is 0 Å². The van der Waals surface area contributed by atoms with E-state index in [1.54, 1.807) is 18.2 Å². The molecular weight excluding hydrogens is 230 g/mol. The van der Waals surface area contributed by atoms with Crippen LogP contribution in [0.3, 0.4) is 0 Å². The minimum Gasteiger partial charge on any atom is -0.497 e. The number of ether oxygens (including phenoxy) is 1. The summed E-state index contributed by atoms with van der Waals surface area (Å²) >= 11 is 5.74. The molecule has 0 bridgehead atoms. The standard InChI is InChI=1S/C11H8ClNO3/c1-16-6-2-3-9-7(4-6)8(11(14)15)5-10(12)13-9/h2-5H,1H3,(H,14,15). The van der Waals surface area contributed by atoms with Crippen LogP contribution in [-0.2, 0) is 0 Å². The molecule has 1 N–H and O–H groups in total. The molecule has 16 heavy (non-hydrogen) atoms. The molecule has 0 aliphatic rings. The molecule has 0 saturated carbocycles. The quantitative estimate of drug-likeness (QED) is 0.816. The van der Waals surface area contributed by atoms with Gasteiger partial charge >= 0.3 is 5.97 Å². The van der Waals surface area contributed by atoms with Crippen LogP contribution < -0.4 is 4.74 Å². The van der Waals surface area contributed by atoms with Crippen LogP contribution in [0.15, 0.2) is 24.3 Å². The molecule has 2 rings (SSSR count). The van der Waals surface area contributed by atoms with E-state index >= 15 is 0 Å². The fourth-order valence-electron chi connectivity index (χ4n) is 1.48. The maximum atomic E-state index is 11.0. The van der Waals surface area contributed by atoms with Gasteiger partial charge in [-0.05, 0) is 24.3 Å². The first-order valence-corrected chi connectivity index (χ1v) is 4.87. The molecule has 2 aromatic rings. The molecule has 0 atom stereocenters. The van der Waals surface area contributed by atoms with Crippen molar-refractivity contribution in [2.24, 2.45) is 0 Å². The van der Waals surface area contributed by atoms with E-state index in [-0.39, 0.29) is 10.7 Å². The van der Waals surface area contributed by atoms with E-state index in [4.69, 9.17) is 21.4 Å². The monoisotopic (exact) mass is 237 g/mol. The molecule has 0 unspecified atom stereocenters. The average molecular weight is 238 g/mol. The van der Waals surface area contributed by atoms with Crippen LogP contribution >= 0.6 is 11.6 Å². The summed E-state index contributed by atoms with van der Waals surface area (Å²) in [6.07, 6.45) is 0. The van der Waals surface area contributed by atoms with Crippen LogP contribution in [0.2, 0.25) is 5.15 Å². The largest absolute Gasteiger partial charge is 0.497 e. The van der Waals surface area contributed by atoms with E-state index in [9.17, 15) is 4.79 Å². The van der Waals surface area contributed by atoms with Gasteiger partial charge in [0, 0.05) is 5.39 Å². The Morgan fingerprint density at radius 3 is 2.81 bits per heavy atom. The third-order valence-corrected chi connectivity index (χ3v) is 2.41. The van der Waals surface area contributed by atoms with E-state index in [1.807, 2.05) is 0 Å². The highest BCUT2D eigenvalue weighted by Crippen LogP contribution is 2.25. The highest BCUT2D eigenvalue weighted by Gasteiger charge is 2.11. The van der Waals surface area contributed by atoms with Gasteiger partial charge in [0.15, 0.2) is 0 Å². The average Bonchev–Trinajstić information content (AvgIpc) is 2.27. The lowest BCUT2D eigenvalue weighted by molar-refractivity contribution is 0.0699. The number of aromatic nitrogens is 1. The van der Waals surface area contributed by atoms with Crippen molar-refractivity contribution in [2.45, 2.75) is 0 Å². The van der Waals surface area contributed by atoms with Gasteiger partial charge in [-0.2, -0.15) is 0 Å². The topological polar surface area (TPSA) is 59.4 Å². The number of fused-ring (bicyclic) bond motifs is 1. The van der Waals surface area contributed by atoms with Crippen LogP contribution in [0, 0.1) is 0 Å². The van der Waals surface area contributed by atoms with Gasteiger partial charge in [-0.3, -0.25) is 0 Å². The minimum atomic E-state index is -1.04. The number of hydrogen-bond acceptors (Lipinski definition) is 3. The van der Waals surface area contributed by atoms with E-state index in [1.165, 1.54) is 13.2 Å². The van der Waals surface area contributed by atoms with E-state index in [0.29, 0.717) is 16.7 Å². The number of carboxylic acid groups (broad SMARTS) is 1. The number of pyridine rings is 1. The van der Waals surface area contributed by atoms with Crippen molar-refractivity contribution in [3.05, 3.63) is 35.0 Å². The highest BCUT2D eigenvalue weighted by molar-refractivity contribution is 6.30. The maximum Gasteiger partial charge on any atom is 0.336 e. The van der Waals surface area contributed by atoms with Gasteiger partial charge < -0.3 is 9.84 Å². The second-order valence-corrected chi connectivity index (χ2v) is 3.57. The number of carbonyl (C=O) groups is 1. The Morgan fingerprint density at radius 2 is 2.19 bits per heavy atom. The van der Waals surface area contributed by atoms with Gasteiger partial charge in [0.05, 0.1) is 18.2 Å². The van der Waals surface area contributed by atoms with Crippen molar-refractivity contribution in [1.82, 2.24) is 4.98 Å². The second-order valence-electron chi connectivity index (χ2n) is 3.18. The summed E-state index contributed by atoms with van der Waals surface area (Å²) in [5.74, 6) is -0.457. The lowest BCUT2D eigenvalue weighted by Crippen LogP contribution is -1.99. The van der Waals surface area contributed by atoms with Crippen LogP contribution in [0.4, 0.5) is 0 Å². The third-order valence-electron chi connectivity index (χ3n) is 2.22. The van der Waals surface area contributed by atoms with Gasteiger partial charge in [-0.1, -0.05) is 11.6 Å². The maximum absolute atomic E-state index is 11.0. The molecule has 0 fully saturated rings. The minimum absolute atomic E-state index is 0.119. The summed E-state index contributed by atoms with van der Waals surface area (Å²) in [5.41, 5.74) is 0.652. The predicted octanol–water partition coefficient (Wildman–Crippen LogP) is 2.60. The number of carboxylic acids is 1. The molecule has 1 aromatic carbocycles. The number of methoxy groups -OCH3 is 1. The predicted molar refractivity (Wildman–Crippen MR) is 60.3 cm³/mol. The van der Waals surface area contributed by atoms with Gasteiger partial charge in [0.2, 0.25) is 0 Å². The molecule has 0 spiro atoms. The number of nitrogens with zero attached hydrogens (tertiary/aromatic N) is 1. The van der Waals surface area contributed by atoms with Crippen molar-refractivity contribution in [1.29, 1.82) is 0 Å². The summed E-state index contributed by atoms with van der Waals surface area (Å²) in [5, 5.41) is 9.72. The Hall–Kier alpha value is -1.81. The molecule has 5 heteroatoms. The Bertz CT molecular complexity index is 568. The van der Waals surface area contributed by atoms with Gasteiger partial charge in [0.1, 0.15) is 10.9 Å². The molecule has 82 valence electrons. The lowest BCUT2D eigenvalue weighted by atomic mass is 10.1. The first-order valence-electron chi connectivity index (χ1n) is 4.49. The third kappa shape index (κ3) is 1.79. The SMILES string of the molecule is COc1ccc2nc(Cl)cc(C(=O)O)c2c1. The first kappa shape index (κ1) is 10.7. The van der Waals surface area contributed by atoms with Crippen LogP contribution in [-0.4, -0.2) is 23.2 Å². The molecule has 1 aromatic heterocycles. The fourth-order valence-corrected chi connectivity index (χ4v) is 1.68. The summed E-state index contributed by atoms with van der Waals surface area (Å²) in [7, 11) is 1.52. The van der Waals surface area contributed by atoms with Crippen molar-refractivity contribution >= 4 is 28.5 Å². The van der Waals surface area contributed by atoms with Crippen molar-refractivity contribution in [3.8, 4) is 5.75 Å². The number of aromatic carboxylic acids is 1. The molecule has 0 aliphatic heterocycles. The Kier molecular flexibility index (Phi) is 2.66. The Balaban J connectivity index is 2.80. The van der Waals surface area contributed by atoms with Crippen LogP contribution in [0.5, 0.6) is 5.75 Å². The van der Waals surface area contributed by atoms with E-state index in [2.05, 4.69) is 4.98 Å². The molecule has 0 amide bonds. The number of rotatable bonds is 2. The second kappa shape index (κ2) is 3.98. The molecule has 0 saturated heterocycles. The van der Waals surface area contributed by atoms with Gasteiger partial charge in [0.25, 0.3) is 0 Å². The highest BCUT2D eigenvalue weighted by atomic mass is 35.5. The van der Waals surface area contributed by atoms with Gasteiger partial charge in [-0.25, -0.2) is 9.78 Å². The molecular formula is C11H8ClNO3. The Labute approximate surface area is 96.4 Å². The zero-order chi connectivity index (χ0) is 11.7. The smallest absolute Gasteiger partial charge is 0.336 e. The zero-order valence-corrected chi connectivity index (χ0v) is 9.15. The summed E-state index contributed by atoms with van der Waals surface area (Å²) < 4.78 is 5.03. The molecule has 4 nitrogen and oxygen atoms in total. The molecule has 0 aliphatic carbocycles. The number of hydrogen-bond donors (Lipinski definition) is 1. The summed E-state index contributed by atoms with van der Waals surface area (Å²) in [6.45, 7) is 0. The number of benzene rings is 1. The summed E-state index contributed by atoms with van der Waals surface area (Å²) in [4.78, 5) is 15.1. The van der Waals surface area contributed by atoms with E-state index in [0.717, 1.165) is 0 Å². The lowest BCUT2D eigenvalue weighted by Gasteiger charge is -2.05. The summed E-state index contributed by atoms with van der Waals surface area (Å²) in [6, 6.07) is 6.33. The molecule has 0 radical (unpaired) electrons. The first-order chi connectivity index (χ1) is 7.61.